The normalized spacial score (nSPS) is 14.1. The van der Waals surface area contributed by atoms with Gasteiger partial charge in [0.1, 0.15) is 19.3 Å². The number of rotatable bonds is 71. The molecule has 19 heteroatoms. The first kappa shape index (κ1) is 89.1. The minimum atomic E-state index is -4.95. The number of hydrogen-bond acceptors (Lipinski definition) is 15. The van der Waals surface area contributed by atoms with Crippen LogP contribution < -0.4 is 0 Å². The average molecular weight is 1340 g/mol. The van der Waals surface area contributed by atoms with Crippen LogP contribution in [0.2, 0.25) is 0 Å². The summed E-state index contributed by atoms with van der Waals surface area (Å²) in [6.45, 7) is 9.55. The van der Waals surface area contributed by atoms with E-state index < -0.39 is 97.5 Å². The van der Waals surface area contributed by atoms with Crippen molar-refractivity contribution in [3.8, 4) is 0 Å². The van der Waals surface area contributed by atoms with Crippen molar-refractivity contribution in [2.75, 3.05) is 39.6 Å². The molecule has 0 saturated carbocycles. The summed E-state index contributed by atoms with van der Waals surface area (Å²) in [6, 6.07) is 0. The van der Waals surface area contributed by atoms with E-state index in [2.05, 4.69) is 41.5 Å². The van der Waals surface area contributed by atoms with Crippen LogP contribution in [0.15, 0.2) is 0 Å². The Kier molecular flexibility index (Phi) is 62.7. The summed E-state index contributed by atoms with van der Waals surface area (Å²) < 4.78 is 68.4. The first-order chi connectivity index (χ1) is 43.9. The van der Waals surface area contributed by atoms with Crippen molar-refractivity contribution in [1.29, 1.82) is 0 Å². The monoisotopic (exact) mass is 1340 g/mol. The second kappa shape index (κ2) is 64.1. The van der Waals surface area contributed by atoms with Crippen LogP contribution in [0.25, 0.3) is 0 Å². The molecule has 0 aliphatic carbocycles. The van der Waals surface area contributed by atoms with Gasteiger partial charge in [-0.15, -0.1) is 0 Å². The lowest BCUT2D eigenvalue weighted by Gasteiger charge is -2.21. The second-order valence-electron chi connectivity index (χ2n) is 26.9. The summed E-state index contributed by atoms with van der Waals surface area (Å²) in [7, 11) is -9.90. The summed E-state index contributed by atoms with van der Waals surface area (Å²) in [5.74, 6) is -0.597. The van der Waals surface area contributed by atoms with Crippen LogP contribution in [0.1, 0.15) is 369 Å². The highest BCUT2D eigenvalue weighted by atomic mass is 31.2. The molecule has 2 unspecified atom stereocenters. The highest BCUT2D eigenvalue weighted by Gasteiger charge is 2.30. The largest absolute Gasteiger partial charge is 0.472 e. The van der Waals surface area contributed by atoms with E-state index in [0.717, 1.165) is 102 Å². The van der Waals surface area contributed by atoms with Gasteiger partial charge in [0.2, 0.25) is 0 Å². The molecule has 0 saturated heterocycles. The van der Waals surface area contributed by atoms with Crippen molar-refractivity contribution >= 4 is 39.5 Å². The Bertz CT molecular complexity index is 1770. The van der Waals surface area contributed by atoms with E-state index in [1.54, 1.807) is 0 Å². The van der Waals surface area contributed by atoms with Gasteiger partial charge in [-0.05, 0) is 37.5 Å². The smallest absolute Gasteiger partial charge is 0.462 e. The Morgan fingerprint density at radius 3 is 0.747 bits per heavy atom. The van der Waals surface area contributed by atoms with Crippen molar-refractivity contribution in [2.24, 2.45) is 11.8 Å². The molecular weight excluding hydrogens is 1200 g/mol. The molecular formula is C72H140O17P2. The van der Waals surface area contributed by atoms with Gasteiger partial charge in [0.25, 0.3) is 0 Å². The van der Waals surface area contributed by atoms with Crippen LogP contribution in [0, 0.1) is 11.8 Å². The van der Waals surface area contributed by atoms with E-state index in [1.165, 1.54) is 186 Å². The molecule has 0 bridgehead atoms. The third-order valence-electron chi connectivity index (χ3n) is 16.7. The zero-order valence-electron chi connectivity index (χ0n) is 59.1. The molecule has 3 N–H and O–H groups in total. The molecule has 0 aromatic carbocycles. The van der Waals surface area contributed by atoms with Crippen LogP contribution in [0.4, 0.5) is 0 Å². The molecule has 0 aromatic heterocycles. The molecule has 0 fully saturated rings. The SMILES string of the molecule is CCCCCCCCCCCCCCCC(=O)OC[C@H](COP(=O)(O)OC[C@@H](O)COP(=O)(O)OC[C@@H](COC(=O)CCCCCCCCCCCC)OC(=O)CCCCCCCCCCCC(C)C)OC(=O)CCCCCCCCCCCCCCCC(C)C. The summed E-state index contributed by atoms with van der Waals surface area (Å²) in [5.41, 5.74) is 0. The second-order valence-corrected chi connectivity index (χ2v) is 29.8. The number of phosphoric ester groups is 2. The minimum Gasteiger partial charge on any atom is -0.462 e. The van der Waals surface area contributed by atoms with E-state index >= 15 is 0 Å². The Balaban J connectivity index is 5.25. The standard InChI is InChI=1S/C72H140O17P2/c1-7-9-11-13-15-17-19-21-25-31-37-43-49-55-70(75)83-61-67(88-71(76)56-50-44-38-32-26-23-20-22-24-28-34-40-46-52-64(3)4)62-86-90(78,79)84-58-66(73)59-85-91(80,81)87-63-68(60-82-69(74)54-48-42-36-30-18-16-14-12-10-8-2)89-72(77)57-51-45-39-33-27-29-35-41-47-53-65(5)6/h64-68,73H,7-63H2,1-6H3,(H,78,79)(H,80,81)/t66-,67-,68-/m1/s1. The molecule has 17 nitrogen and oxygen atoms in total. The fraction of sp³-hybridized carbons (Fsp3) is 0.944. The van der Waals surface area contributed by atoms with Crippen molar-refractivity contribution in [1.82, 2.24) is 0 Å². The maximum atomic E-state index is 13.0. The van der Waals surface area contributed by atoms with Crippen LogP contribution in [0.3, 0.4) is 0 Å². The van der Waals surface area contributed by atoms with Gasteiger partial charge in [-0.3, -0.25) is 37.3 Å². The minimum absolute atomic E-state index is 0.105. The maximum Gasteiger partial charge on any atom is 0.472 e. The topological polar surface area (TPSA) is 237 Å². The van der Waals surface area contributed by atoms with E-state index in [-0.39, 0.29) is 25.7 Å². The maximum absolute atomic E-state index is 13.0. The zero-order chi connectivity index (χ0) is 67.2. The molecule has 0 aliphatic heterocycles. The van der Waals surface area contributed by atoms with Crippen LogP contribution in [-0.4, -0.2) is 96.7 Å². The predicted octanol–water partition coefficient (Wildman–Crippen LogP) is 20.8. The predicted molar refractivity (Wildman–Crippen MR) is 368 cm³/mol. The molecule has 91 heavy (non-hydrogen) atoms. The lowest BCUT2D eigenvalue weighted by atomic mass is 10.0. The first-order valence-corrected chi connectivity index (χ1v) is 40.5. The third-order valence-corrected chi connectivity index (χ3v) is 18.6. The van der Waals surface area contributed by atoms with Crippen molar-refractivity contribution in [3.63, 3.8) is 0 Å². The lowest BCUT2D eigenvalue weighted by molar-refractivity contribution is -0.161. The number of aliphatic hydroxyl groups excluding tert-OH is 1. The first-order valence-electron chi connectivity index (χ1n) is 37.5. The molecule has 0 rings (SSSR count). The fourth-order valence-corrected chi connectivity index (χ4v) is 12.5. The van der Waals surface area contributed by atoms with Crippen LogP contribution in [-0.2, 0) is 65.4 Å². The highest BCUT2D eigenvalue weighted by molar-refractivity contribution is 7.47. The van der Waals surface area contributed by atoms with E-state index in [9.17, 15) is 43.2 Å². The summed E-state index contributed by atoms with van der Waals surface area (Å²) in [6.07, 6.45) is 49.8. The Hall–Kier alpha value is -1.94. The number of unbranched alkanes of at least 4 members (excludes halogenated alkanes) is 41. The zero-order valence-corrected chi connectivity index (χ0v) is 60.9. The van der Waals surface area contributed by atoms with Crippen molar-refractivity contribution < 1.29 is 80.2 Å². The highest BCUT2D eigenvalue weighted by Crippen LogP contribution is 2.45. The number of carbonyl (C=O) groups excluding carboxylic acids is 4. The number of esters is 4. The van der Waals surface area contributed by atoms with E-state index in [1.807, 2.05) is 0 Å². The summed E-state index contributed by atoms with van der Waals surface area (Å²) in [5, 5.41) is 10.6. The molecule has 540 valence electrons. The van der Waals surface area contributed by atoms with Gasteiger partial charge in [0.05, 0.1) is 26.4 Å². The quantitative estimate of drug-likeness (QED) is 0.0222. The molecule has 0 aromatic rings. The molecule has 5 atom stereocenters. The van der Waals surface area contributed by atoms with E-state index in [0.29, 0.717) is 25.7 Å². The van der Waals surface area contributed by atoms with Crippen LogP contribution in [0.5, 0.6) is 0 Å². The Labute approximate surface area is 556 Å². The Morgan fingerprint density at radius 1 is 0.297 bits per heavy atom. The lowest BCUT2D eigenvalue weighted by Crippen LogP contribution is -2.30. The number of aliphatic hydroxyl groups is 1. The van der Waals surface area contributed by atoms with Gasteiger partial charge >= 0.3 is 39.5 Å². The van der Waals surface area contributed by atoms with Crippen molar-refractivity contribution in [2.45, 2.75) is 387 Å². The average Bonchev–Trinajstić information content (AvgIpc) is 3.73. The van der Waals surface area contributed by atoms with Gasteiger partial charge in [0, 0.05) is 25.7 Å². The van der Waals surface area contributed by atoms with Crippen molar-refractivity contribution in [3.05, 3.63) is 0 Å². The molecule has 0 spiro atoms. The fourth-order valence-electron chi connectivity index (χ4n) is 10.9. The van der Waals surface area contributed by atoms with E-state index in [4.69, 9.17) is 37.0 Å². The molecule has 0 amide bonds. The number of phosphoric acid groups is 2. The van der Waals surface area contributed by atoms with Gasteiger partial charge in [-0.25, -0.2) is 9.13 Å². The number of carbonyl (C=O) groups is 4. The molecule has 0 radical (unpaired) electrons. The van der Waals surface area contributed by atoms with Gasteiger partial charge in [-0.1, -0.05) is 318 Å². The number of ether oxygens (including phenoxy) is 4. The third kappa shape index (κ3) is 66.5. The van der Waals surface area contributed by atoms with Gasteiger partial charge in [0.15, 0.2) is 12.2 Å². The summed E-state index contributed by atoms with van der Waals surface area (Å²) >= 11 is 0. The Morgan fingerprint density at radius 2 is 0.505 bits per heavy atom. The van der Waals surface area contributed by atoms with Crippen LogP contribution >= 0.6 is 15.6 Å². The van der Waals surface area contributed by atoms with Gasteiger partial charge in [-0.2, -0.15) is 0 Å². The number of hydrogen-bond donors (Lipinski definition) is 3. The summed E-state index contributed by atoms with van der Waals surface area (Å²) in [4.78, 5) is 72.6. The van der Waals surface area contributed by atoms with Gasteiger partial charge < -0.3 is 33.8 Å². The molecule has 0 aliphatic rings. The molecule has 0 heterocycles.